The van der Waals surface area contributed by atoms with Crippen molar-refractivity contribution < 1.29 is 15.0 Å². The zero-order valence-electron chi connectivity index (χ0n) is 7.66. The molecule has 0 bridgehead atoms. The predicted octanol–water partition coefficient (Wildman–Crippen LogP) is 0.509. The van der Waals surface area contributed by atoms with Crippen molar-refractivity contribution in [1.82, 2.24) is 4.90 Å². The topological polar surface area (TPSA) is 86.8 Å². The molecule has 0 aliphatic rings. The maximum Gasteiger partial charge on any atom is 0.503 e. The van der Waals surface area contributed by atoms with Gasteiger partial charge in [-0.2, -0.15) is 0 Å². The molecular weight excluding hydrogens is 160 g/mol. The van der Waals surface area contributed by atoms with Crippen molar-refractivity contribution >= 4 is 6.16 Å². The van der Waals surface area contributed by atoms with Gasteiger partial charge in [-0.15, -0.1) is 0 Å². The van der Waals surface area contributed by atoms with E-state index in [1.165, 1.54) is 0 Å². The van der Waals surface area contributed by atoms with Crippen LogP contribution in [0.25, 0.3) is 0 Å². The van der Waals surface area contributed by atoms with Crippen LogP contribution in [0.2, 0.25) is 0 Å². The van der Waals surface area contributed by atoms with Crippen molar-refractivity contribution in [2.75, 3.05) is 26.2 Å². The first-order valence-corrected chi connectivity index (χ1v) is 3.92. The summed E-state index contributed by atoms with van der Waals surface area (Å²) in [7, 11) is 0. The Labute approximate surface area is 72.8 Å². The summed E-state index contributed by atoms with van der Waals surface area (Å²) >= 11 is 0. The van der Waals surface area contributed by atoms with Gasteiger partial charge in [-0.1, -0.05) is 13.8 Å². The molecular formula is C7H18N2O3. The summed E-state index contributed by atoms with van der Waals surface area (Å²) in [4.78, 5) is 10.9. The van der Waals surface area contributed by atoms with Gasteiger partial charge in [0.1, 0.15) is 0 Å². The van der Waals surface area contributed by atoms with Gasteiger partial charge in [0.2, 0.25) is 0 Å². The molecule has 12 heavy (non-hydrogen) atoms. The molecule has 0 saturated heterocycles. The number of nitrogens with zero attached hydrogens (tertiary/aromatic N) is 1. The van der Waals surface area contributed by atoms with Crippen LogP contribution in [0.3, 0.4) is 0 Å². The van der Waals surface area contributed by atoms with Crippen LogP contribution < -0.4 is 5.73 Å². The molecule has 0 heterocycles. The first-order chi connectivity index (χ1) is 5.58. The Bertz CT molecular complexity index is 101. The lowest BCUT2D eigenvalue weighted by molar-refractivity contribution is 0.137. The van der Waals surface area contributed by atoms with Gasteiger partial charge in [-0.3, -0.25) is 0 Å². The molecule has 0 aromatic heterocycles. The number of hydrogen-bond acceptors (Lipinski definition) is 3. The summed E-state index contributed by atoms with van der Waals surface area (Å²) in [5, 5.41) is 13.9. The maximum atomic E-state index is 8.56. The fraction of sp³-hybridized carbons (Fsp3) is 0.857. The molecule has 74 valence electrons. The molecule has 0 amide bonds. The lowest BCUT2D eigenvalue weighted by atomic mass is 10.5. The quantitative estimate of drug-likeness (QED) is 0.584. The van der Waals surface area contributed by atoms with Crippen molar-refractivity contribution in [2.24, 2.45) is 5.73 Å². The number of hydrogen-bond donors (Lipinski definition) is 3. The average Bonchev–Trinajstić information content (AvgIpc) is 1.99. The Balaban J connectivity index is 0. The minimum atomic E-state index is -1.83. The van der Waals surface area contributed by atoms with Gasteiger partial charge in [-0.25, -0.2) is 4.79 Å². The third kappa shape index (κ3) is 16.1. The van der Waals surface area contributed by atoms with Crippen molar-refractivity contribution in [3.63, 3.8) is 0 Å². The van der Waals surface area contributed by atoms with Crippen LogP contribution in [-0.4, -0.2) is 47.4 Å². The molecule has 0 radical (unpaired) electrons. The number of likely N-dealkylation sites (N-methyl/N-ethyl adjacent to an activating group) is 1. The second-order valence-corrected chi connectivity index (χ2v) is 2.10. The Kier molecular flexibility index (Phi) is 11.7. The molecule has 0 aliphatic heterocycles. The van der Waals surface area contributed by atoms with Gasteiger partial charge in [0, 0.05) is 13.1 Å². The van der Waals surface area contributed by atoms with Crippen molar-refractivity contribution in [3.05, 3.63) is 0 Å². The van der Waals surface area contributed by atoms with Crippen molar-refractivity contribution in [1.29, 1.82) is 0 Å². The van der Waals surface area contributed by atoms with E-state index in [4.69, 9.17) is 20.7 Å². The third-order valence-corrected chi connectivity index (χ3v) is 1.34. The summed E-state index contributed by atoms with van der Waals surface area (Å²) in [5.74, 6) is 0. The van der Waals surface area contributed by atoms with E-state index in [0.717, 1.165) is 26.2 Å². The summed E-state index contributed by atoms with van der Waals surface area (Å²) in [5.41, 5.74) is 5.34. The molecule has 0 aromatic rings. The number of carbonyl (C=O) groups is 1. The SMILES string of the molecule is CCN(CC)CCN.O=C(O)O. The zero-order valence-corrected chi connectivity index (χ0v) is 7.66. The van der Waals surface area contributed by atoms with Crippen LogP contribution in [0, 0.1) is 0 Å². The van der Waals surface area contributed by atoms with Gasteiger partial charge in [0.05, 0.1) is 0 Å². The monoisotopic (exact) mass is 178 g/mol. The fourth-order valence-corrected chi connectivity index (χ4v) is 0.722. The van der Waals surface area contributed by atoms with Gasteiger partial charge < -0.3 is 20.8 Å². The van der Waals surface area contributed by atoms with E-state index in [0.29, 0.717) is 0 Å². The van der Waals surface area contributed by atoms with E-state index in [1.807, 2.05) is 0 Å². The lowest BCUT2D eigenvalue weighted by Crippen LogP contribution is -2.28. The molecule has 5 nitrogen and oxygen atoms in total. The standard InChI is InChI=1S/C6H16N2.CH2O3/c1-3-8(4-2)6-5-7;2-1(3)4/h3-7H2,1-2H3;(H2,2,3,4). The number of rotatable bonds is 4. The summed E-state index contributed by atoms with van der Waals surface area (Å²) in [6, 6.07) is 0. The first-order valence-electron chi connectivity index (χ1n) is 3.92. The van der Waals surface area contributed by atoms with Gasteiger partial charge in [0.15, 0.2) is 0 Å². The zero-order chi connectivity index (χ0) is 9.98. The highest BCUT2D eigenvalue weighted by molar-refractivity contribution is 5.53. The highest BCUT2D eigenvalue weighted by Crippen LogP contribution is 1.81. The fourth-order valence-electron chi connectivity index (χ4n) is 0.722. The molecule has 4 N–H and O–H groups in total. The van der Waals surface area contributed by atoms with Gasteiger partial charge in [-0.05, 0) is 13.1 Å². The van der Waals surface area contributed by atoms with Crippen LogP contribution in [0.15, 0.2) is 0 Å². The van der Waals surface area contributed by atoms with E-state index in [2.05, 4.69) is 18.7 Å². The van der Waals surface area contributed by atoms with Crippen LogP contribution in [0.1, 0.15) is 13.8 Å². The summed E-state index contributed by atoms with van der Waals surface area (Å²) in [6.07, 6.45) is -1.83. The van der Waals surface area contributed by atoms with E-state index in [1.54, 1.807) is 0 Å². The molecule has 5 heteroatoms. The summed E-state index contributed by atoms with van der Waals surface area (Å²) < 4.78 is 0. The predicted molar refractivity (Wildman–Crippen MR) is 47.5 cm³/mol. The second-order valence-electron chi connectivity index (χ2n) is 2.10. The van der Waals surface area contributed by atoms with Crippen LogP contribution >= 0.6 is 0 Å². The lowest BCUT2D eigenvalue weighted by Gasteiger charge is -2.15. The number of nitrogens with two attached hydrogens (primary N) is 1. The molecule has 0 fully saturated rings. The Morgan fingerprint density at radius 1 is 1.33 bits per heavy atom. The molecule has 0 atom stereocenters. The second kappa shape index (κ2) is 10.2. The molecule has 0 spiro atoms. The largest absolute Gasteiger partial charge is 0.503 e. The third-order valence-electron chi connectivity index (χ3n) is 1.34. The Morgan fingerprint density at radius 3 is 1.75 bits per heavy atom. The minimum Gasteiger partial charge on any atom is -0.450 e. The molecule has 0 rings (SSSR count). The number of carboxylic acid groups (broad SMARTS) is 2. The van der Waals surface area contributed by atoms with Crippen LogP contribution in [0.5, 0.6) is 0 Å². The van der Waals surface area contributed by atoms with Gasteiger partial charge in [0.25, 0.3) is 0 Å². The van der Waals surface area contributed by atoms with Crippen molar-refractivity contribution in [3.8, 4) is 0 Å². The minimum absolute atomic E-state index is 0.779. The molecule has 0 aromatic carbocycles. The first kappa shape index (κ1) is 13.8. The highest BCUT2D eigenvalue weighted by Gasteiger charge is 1.92. The summed E-state index contributed by atoms with van der Waals surface area (Å²) in [6.45, 7) is 8.36. The highest BCUT2D eigenvalue weighted by atomic mass is 16.6. The molecule has 0 aliphatic carbocycles. The van der Waals surface area contributed by atoms with Crippen molar-refractivity contribution in [2.45, 2.75) is 13.8 Å². The normalized spacial score (nSPS) is 9.00. The average molecular weight is 178 g/mol. The van der Waals surface area contributed by atoms with Crippen LogP contribution in [0.4, 0.5) is 4.79 Å². The van der Waals surface area contributed by atoms with E-state index < -0.39 is 6.16 Å². The Hall–Kier alpha value is -0.810. The van der Waals surface area contributed by atoms with E-state index in [9.17, 15) is 0 Å². The maximum absolute atomic E-state index is 8.56. The van der Waals surface area contributed by atoms with Gasteiger partial charge >= 0.3 is 6.16 Å². The Morgan fingerprint density at radius 2 is 1.67 bits per heavy atom. The van der Waals surface area contributed by atoms with E-state index in [-0.39, 0.29) is 0 Å². The smallest absolute Gasteiger partial charge is 0.450 e. The van der Waals surface area contributed by atoms with Crippen LogP contribution in [-0.2, 0) is 0 Å². The molecule has 0 unspecified atom stereocenters. The molecule has 0 saturated carbocycles. The van der Waals surface area contributed by atoms with E-state index >= 15 is 0 Å².